The van der Waals surface area contributed by atoms with E-state index in [1.54, 1.807) is 24.3 Å². The molecule has 88 valence electrons. The minimum absolute atomic E-state index is 0.306. The zero-order valence-corrected chi connectivity index (χ0v) is 11.0. The monoisotopic (exact) mass is 288 g/mol. The zero-order chi connectivity index (χ0) is 12.4. The van der Waals surface area contributed by atoms with Gasteiger partial charge in [0.05, 0.1) is 10.0 Å². The third-order valence-electron chi connectivity index (χ3n) is 2.45. The number of halogens is 4. The molecule has 0 heterocycles. The Morgan fingerprint density at radius 1 is 0.941 bits per heavy atom. The largest absolute Gasteiger partial charge is 0.207 e. The summed E-state index contributed by atoms with van der Waals surface area (Å²) in [6.45, 7) is 0. The van der Waals surface area contributed by atoms with Gasteiger partial charge in [0, 0.05) is 5.88 Å². The Labute approximate surface area is 114 Å². The predicted octanol–water partition coefficient (Wildman–Crippen LogP) is 5.54. The summed E-state index contributed by atoms with van der Waals surface area (Å²) in [5, 5.41) is 0.910. The van der Waals surface area contributed by atoms with E-state index in [1.807, 2.05) is 0 Å². The smallest absolute Gasteiger partial charge is 0.123 e. The van der Waals surface area contributed by atoms with Crippen LogP contribution in [0.1, 0.15) is 5.56 Å². The summed E-state index contributed by atoms with van der Waals surface area (Å²) < 4.78 is 13.2. The van der Waals surface area contributed by atoms with Crippen molar-refractivity contribution in [3.63, 3.8) is 0 Å². The van der Waals surface area contributed by atoms with Crippen LogP contribution in [0, 0.1) is 5.82 Å². The van der Waals surface area contributed by atoms with E-state index < -0.39 is 0 Å². The van der Waals surface area contributed by atoms with Gasteiger partial charge in [-0.05, 0) is 41.0 Å². The third kappa shape index (κ3) is 2.74. The standard InChI is InChI=1S/C13H8Cl3F/c14-7-9-1-3-10(17)6-11(9)8-2-4-12(15)13(16)5-8/h1-6H,7H2. The van der Waals surface area contributed by atoms with E-state index in [1.165, 1.54) is 12.1 Å². The molecule has 0 atom stereocenters. The predicted molar refractivity (Wildman–Crippen MR) is 71.4 cm³/mol. The van der Waals surface area contributed by atoms with Crippen LogP contribution in [0.25, 0.3) is 11.1 Å². The molecule has 0 amide bonds. The summed E-state index contributed by atoms with van der Waals surface area (Å²) in [7, 11) is 0. The van der Waals surface area contributed by atoms with Crippen molar-refractivity contribution in [3.05, 3.63) is 57.8 Å². The molecule has 0 N–H and O–H groups in total. The Kier molecular flexibility index (Phi) is 3.93. The van der Waals surface area contributed by atoms with Gasteiger partial charge in [-0.3, -0.25) is 0 Å². The minimum atomic E-state index is -0.306. The molecule has 0 aliphatic rings. The highest BCUT2D eigenvalue weighted by Gasteiger charge is 2.08. The molecule has 2 rings (SSSR count). The molecular weight excluding hydrogens is 282 g/mol. The van der Waals surface area contributed by atoms with Crippen molar-refractivity contribution in [3.8, 4) is 11.1 Å². The molecule has 0 aromatic heterocycles. The first-order valence-corrected chi connectivity index (χ1v) is 6.20. The molecule has 0 aliphatic heterocycles. The molecule has 2 aromatic rings. The molecule has 0 radical (unpaired) electrons. The van der Waals surface area contributed by atoms with Gasteiger partial charge < -0.3 is 0 Å². The van der Waals surface area contributed by atoms with Crippen LogP contribution in [-0.2, 0) is 5.88 Å². The Balaban J connectivity index is 2.58. The maximum Gasteiger partial charge on any atom is 0.123 e. The number of hydrogen-bond acceptors (Lipinski definition) is 0. The highest BCUT2D eigenvalue weighted by Crippen LogP contribution is 2.31. The maximum atomic E-state index is 13.2. The number of benzene rings is 2. The van der Waals surface area contributed by atoms with E-state index in [2.05, 4.69) is 0 Å². The molecule has 2 aromatic carbocycles. The second-order valence-corrected chi connectivity index (χ2v) is 4.65. The normalized spacial score (nSPS) is 10.6. The summed E-state index contributed by atoms with van der Waals surface area (Å²) >= 11 is 17.6. The SMILES string of the molecule is Fc1ccc(CCl)c(-c2ccc(Cl)c(Cl)c2)c1. The van der Waals surface area contributed by atoms with Crippen LogP contribution in [0.2, 0.25) is 10.0 Å². The molecule has 0 nitrogen and oxygen atoms in total. The van der Waals surface area contributed by atoms with Gasteiger partial charge in [-0.2, -0.15) is 0 Å². The molecule has 0 saturated carbocycles. The van der Waals surface area contributed by atoms with Crippen LogP contribution in [-0.4, -0.2) is 0 Å². The number of rotatable bonds is 2. The van der Waals surface area contributed by atoms with Crippen molar-refractivity contribution in [2.45, 2.75) is 5.88 Å². The Bertz CT molecular complexity index is 552. The van der Waals surface area contributed by atoms with Crippen LogP contribution >= 0.6 is 34.8 Å². The van der Waals surface area contributed by atoms with Crippen molar-refractivity contribution in [1.82, 2.24) is 0 Å². The van der Waals surface area contributed by atoms with Crippen LogP contribution in [0.3, 0.4) is 0 Å². The van der Waals surface area contributed by atoms with Crippen molar-refractivity contribution in [2.75, 3.05) is 0 Å². The van der Waals surface area contributed by atoms with Gasteiger partial charge in [-0.1, -0.05) is 35.3 Å². The van der Waals surface area contributed by atoms with Crippen LogP contribution in [0.5, 0.6) is 0 Å². The van der Waals surface area contributed by atoms with Gasteiger partial charge in [0.25, 0.3) is 0 Å². The number of hydrogen-bond donors (Lipinski definition) is 0. The van der Waals surface area contributed by atoms with Crippen molar-refractivity contribution < 1.29 is 4.39 Å². The summed E-state index contributed by atoms with van der Waals surface area (Å²) in [5.41, 5.74) is 2.39. The van der Waals surface area contributed by atoms with Crippen molar-refractivity contribution >= 4 is 34.8 Å². The van der Waals surface area contributed by atoms with Crippen molar-refractivity contribution in [2.24, 2.45) is 0 Å². The van der Waals surface area contributed by atoms with Crippen molar-refractivity contribution in [1.29, 1.82) is 0 Å². The van der Waals surface area contributed by atoms with Gasteiger partial charge in [0.2, 0.25) is 0 Å². The van der Waals surface area contributed by atoms with E-state index >= 15 is 0 Å². The van der Waals surface area contributed by atoms with Gasteiger partial charge in [0.1, 0.15) is 5.82 Å². The number of alkyl halides is 1. The van der Waals surface area contributed by atoms with E-state index in [-0.39, 0.29) is 5.82 Å². The Morgan fingerprint density at radius 3 is 2.35 bits per heavy atom. The van der Waals surface area contributed by atoms with Gasteiger partial charge in [-0.15, -0.1) is 11.6 Å². The Hall–Kier alpha value is -0.760. The molecule has 0 saturated heterocycles. The molecule has 0 unspecified atom stereocenters. The summed E-state index contributed by atoms with van der Waals surface area (Å²) in [6.07, 6.45) is 0. The zero-order valence-electron chi connectivity index (χ0n) is 8.68. The molecule has 17 heavy (non-hydrogen) atoms. The van der Waals surface area contributed by atoms with Gasteiger partial charge in [-0.25, -0.2) is 4.39 Å². The topological polar surface area (TPSA) is 0 Å². The van der Waals surface area contributed by atoms with E-state index in [4.69, 9.17) is 34.8 Å². The lowest BCUT2D eigenvalue weighted by Gasteiger charge is -2.08. The lowest BCUT2D eigenvalue weighted by Crippen LogP contribution is -1.88. The van der Waals surface area contributed by atoms with Crippen LogP contribution in [0.4, 0.5) is 4.39 Å². The molecular formula is C13H8Cl3F. The Morgan fingerprint density at radius 2 is 1.71 bits per heavy atom. The molecule has 4 heteroatoms. The summed E-state index contributed by atoms with van der Waals surface area (Å²) in [6, 6.07) is 9.67. The summed E-state index contributed by atoms with van der Waals surface area (Å²) in [4.78, 5) is 0. The van der Waals surface area contributed by atoms with E-state index in [0.717, 1.165) is 16.7 Å². The highest BCUT2D eigenvalue weighted by molar-refractivity contribution is 6.42. The molecule has 0 fully saturated rings. The average Bonchev–Trinajstić information content (AvgIpc) is 2.32. The van der Waals surface area contributed by atoms with Gasteiger partial charge >= 0.3 is 0 Å². The highest BCUT2D eigenvalue weighted by atomic mass is 35.5. The fourth-order valence-electron chi connectivity index (χ4n) is 1.60. The second kappa shape index (κ2) is 5.26. The first-order valence-electron chi connectivity index (χ1n) is 4.91. The first-order chi connectivity index (χ1) is 8.11. The first kappa shape index (κ1) is 12.7. The van der Waals surface area contributed by atoms with Gasteiger partial charge in [0.15, 0.2) is 0 Å². The second-order valence-electron chi connectivity index (χ2n) is 3.56. The minimum Gasteiger partial charge on any atom is -0.207 e. The fourth-order valence-corrected chi connectivity index (χ4v) is 2.13. The average molecular weight is 290 g/mol. The van der Waals surface area contributed by atoms with Crippen LogP contribution < -0.4 is 0 Å². The lowest BCUT2D eigenvalue weighted by atomic mass is 10.0. The van der Waals surface area contributed by atoms with Crippen LogP contribution in [0.15, 0.2) is 36.4 Å². The molecule has 0 spiro atoms. The fraction of sp³-hybridized carbons (Fsp3) is 0.0769. The van der Waals surface area contributed by atoms with E-state index in [9.17, 15) is 4.39 Å². The quantitative estimate of drug-likeness (QED) is 0.637. The molecule has 0 aliphatic carbocycles. The third-order valence-corrected chi connectivity index (χ3v) is 3.47. The van der Waals surface area contributed by atoms with E-state index in [0.29, 0.717) is 15.9 Å². The maximum absolute atomic E-state index is 13.2. The lowest BCUT2D eigenvalue weighted by molar-refractivity contribution is 0.628. The molecule has 0 bridgehead atoms. The summed E-state index contributed by atoms with van der Waals surface area (Å²) in [5.74, 6) is 0.00972.